The van der Waals surface area contributed by atoms with Gasteiger partial charge in [0, 0.05) is 20.5 Å². The largest absolute Gasteiger partial charge is 0.396 e. The Hall–Kier alpha value is -0.570. The zero-order chi connectivity index (χ0) is 6.57. The van der Waals surface area contributed by atoms with Gasteiger partial charge in [0.2, 0.25) is 0 Å². The van der Waals surface area contributed by atoms with Crippen molar-refractivity contribution in [1.29, 1.82) is 5.41 Å². The minimum atomic E-state index is 0.0665. The first-order chi connectivity index (χ1) is 3.68. The van der Waals surface area contributed by atoms with E-state index >= 15 is 0 Å². The second kappa shape index (κ2) is 3.43. The fraction of sp³-hybridized carbons (Fsp3) is 0.800. The average molecular weight is 116 g/mol. The van der Waals surface area contributed by atoms with E-state index in [4.69, 9.17) is 10.5 Å². The van der Waals surface area contributed by atoms with Crippen molar-refractivity contribution < 1.29 is 5.11 Å². The van der Waals surface area contributed by atoms with Crippen molar-refractivity contribution in [2.24, 2.45) is 0 Å². The van der Waals surface area contributed by atoms with Gasteiger partial charge >= 0.3 is 0 Å². The highest BCUT2D eigenvalue weighted by molar-refractivity contribution is 5.78. The van der Waals surface area contributed by atoms with E-state index in [1.165, 1.54) is 0 Å². The molecule has 0 heterocycles. The van der Waals surface area contributed by atoms with Gasteiger partial charge in [-0.3, -0.25) is 5.41 Å². The molecule has 0 bridgehead atoms. The standard InChI is InChI=1S/C5H12N2O/c1-7(2)5(6)3-4-8/h6,8H,3-4H2,1-2H3. The lowest BCUT2D eigenvalue weighted by Gasteiger charge is -2.11. The van der Waals surface area contributed by atoms with Crippen molar-refractivity contribution in [2.45, 2.75) is 6.42 Å². The van der Waals surface area contributed by atoms with Gasteiger partial charge in [-0.2, -0.15) is 0 Å². The molecule has 0 aliphatic heterocycles. The molecule has 0 atom stereocenters. The fourth-order valence-electron chi connectivity index (χ4n) is 0.330. The first-order valence-corrected chi connectivity index (χ1v) is 2.54. The molecule has 0 aromatic heterocycles. The summed E-state index contributed by atoms with van der Waals surface area (Å²) in [4.78, 5) is 1.68. The van der Waals surface area contributed by atoms with Crippen LogP contribution in [0.4, 0.5) is 0 Å². The third-order valence-corrected chi connectivity index (χ3v) is 0.888. The maximum Gasteiger partial charge on any atom is 0.0975 e. The van der Waals surface area contributed by atoms with Crippen molar-refractivity contribution in [3.8, 4) is 0 Å². The van der Waals surface area contributed by atoms with Crippen molar-refractivity contribution in [1.82, 2.24) is 4.90 Å². The summed E-state index contributed by atoms with van der Waals surface area (Å²) in [7, 11) is 3.58. The third-order valence-electron chi connectivity index (χ3n) is 0.888. The van der Waals surface area contributed by atoms with Gasteiger partial charge < -0.3 is 10.0 Å². The van der Waals surface area contributed by atoms with Crippen molar-refractivity contribution >= 4 is 5.84 Å². The number of nitrogens with zero attached hydrogens (tertiary/aromatic N) is 1. The molecule has 8 heavy (non-hydrogen) atoms. The number of hydrogen-bond acceptors (Lipinski definition) is 2. The molecule has 0 aromatic carbocycles. The number of aliphatic hydroxyl groups is 1. The lowest BCUT2D eigenvalue weighted by molar-refractivity contribution is 0.302. The van der Waals surface area contributed by atoms with Crippen LogP contribution in [0.3, 0.4) is 0 Å². The number of hydrogen-bond donors (Lipinski definition) is 2. The first-order valence-electron chi connectivity index (χ1n) is 2.54. The van der Waals surface area contributed by atoms with Crippen molar-refractivity contribution in [3.05, 3.63) is 0 Å². The van der Waals surface area contributed by atoms with E-state index in [1.54, 1.807) is 19.0 Å². The minimum Gasteiger partial charge on any atom is -0.396 e. The van der Waals surface area contributed by atoms with Crippen LogP contribution >= 0.6 is 0 Å². The van der Waals surface area contributed by atoms with E-state index in [9.17, 15) is 0 Å². The van der Waals surface area contributed by atoms with Gasteiger partial charge in [0.1, 0.15) is 0 Å². The van der Waals surface area contributed by atoms with Crippen LogP contribution < -0.4 is 0 Å². The molecule has 0 saturated heterocycles. The van der Waals surface area contributed by atoms with Gasteiger partial charge in [0.05, 0.1) is 12.4 Å². The SMILES string of the molecule is CN(C)C(=N)CCO. The summed E-state index contributed by atoms with van der Waals surface area (Å²) in [6, 6.07) is 0. The van der Waals surface area contributed by atoms with Crippen LogP contribution in [-0.2, 0) is 0 Å². The molecule has 0 rings (SSSR count). The molecule has 0 unspecified atom stereocenters. The maximum atomic E-state index is 8.32. The molecule has 0 saturated carbocycles. The summed E-state index contributed by atoms with van der Waals surface area (Å²) >= 11 is 0. The van der Waals surface area contributed by atoms with E-state index in [0.717, 1.165) is 0 Å². The molecule has 0 aromatic rings. The summed E-state index contributed by atoms with van der Waals surface area (Å²) in [5.41, 5.74) is 0. The lowest BCUT2D eigenvalue weighted by Crippen LogP contribution is -2.21. The first kappa shape index (κ1) is 7.43. The van der Waals surface area contributed by atoms with Gasteiger partial charge in [-0.25, -0.2) is 0 Å². The van der Waals surface area contributed by atoms with Crippen LogP contribution in [0, 0.1) is 5.41 Å². The quantitative estimate of drug-likeness (QED) is 0.391. The van der Waals surface area contributed by atoms with Crippen molar-refractivity contribution in [3.63, 3.8) is 0 Å². The fourth-order valence-corrected chi connectivity index (χ4v) is 0.330. The maximum absolute atomic E-state index is 8.32. The van der Waals surface area contributed by atoms with E-state index in [-0.39, 0.29) is 6.61 Å². The molecule has 3 heteroatoms. The van der Waals surface area contributed by atoms with E-state index in [2.05, 4.69) is 0 Å². The molecule has 0 aliphatic rings. The molecule has 48 valence electrons. The van der Waals surface area contributed by atoms with Gasteiger partial charge in [0.15, 0.2) is 0 Å². The second-order valence-electron chi connectivity index (χ2n) is 1.81. The molecule has 0 fully saturated rings. The summed E-state index contributed by atoms with van der Waals surface area (Å²) in [6.45, 7) is 0.0665. The zero-order valence-electron chi connectivity index (χ0n) is 5.31. The number of aliphatic hydroxyl groups excluding tert-OH is 1. The normalized spacial score (nSPS) is 8.88. The Kier molecular flexibility index (Phi) is 3.19. The van der Waals surface area contributed by atoms with E-state index in [1.807, 2.05) is 0 Å². The van der Waals surface area contributed by atoms with E-state index in [0.29, 0.717) is 12.3 Å². The molecular formula is C5H12N2O. The minimum absolute atomic E-state index is 0.0665. The summed E-state index contributed by atoms with van der Waals surface area (Å²) < 4.78 is 0. The predicted octanol–water partition coefficient (Wildman–Crippen LogP) is -0.0923. The molecule has 0 radical (unpaired) electrons. The van der Waals surface area contributed by atoms with Crippen LogP contribution in [-0.4, -0.2) is 36.5 Å². The smallest absolute Gasteiger partial charge is 0.0975 e. The Morgan fingerprint density at radius 2 is 2.12 bits per heavy atom. The number of rotatable bonds is 2. The Balaban J connectivity index is 3.33. The second-order valence-corrected chi connectivity index (χ2v) is 1.81. The molecular weight excluding hydrogens is 104 g/mol. The van der Waals surface area contributed by atoms with Gasteiger partial charge in [-0.1, -0.05) is 0 Å². The van der Waals surface area contributed by atoms with Crippen LogP contribution in [0.15, 0.2) is 0 Å². The molecule has 0 spiro atoms. The number of nitrogens with one attached hydrogen (secondary N) is 1. The summed E-state index contributed by atoms with van der Waals surface area (Å²) in [5.74, 6) is 0.465. The topological polar surface area (TPSA) is 47.3 Å². The Bertz CT molecular complexity index is 80.5. The Morgan fingerprint density at radius 3 is 2.25 bits per heavy atom. The van der Waals surface area contributed by atoms with Crippen LogP contribution in [0.5, 0.6) is 0 Å². The summed E-state index contributed by atoms with van der Waals surface area (Å²) in [5, 5.41) is 15.4. The van der Waals surface area contributed by atoms with Crippen LogP contribution in [0.2, 0.25) is 0 Å². The molecule has 3 nitrogen and oxygen atoms in total. The van der Waals surface area contributed by atoms with Gasteiger partial charge in [-0.05, 0) is 0 Å². The molecule has 2 N–H and O–H groups in total. The average Bonchev–Trinajstić information content (AvgIpc) is 1.67. The highest BCUT2D eigenvalue weighted by atomic mass is 16.3. The van der Waals surface area contributed by atoms with Gasteiger partial charge in [0.25, 0.3) is 0 Å². The third kappa shape index (κ3) is 2.58. The Morgan fingerprint density at radius 1 is 1.62 bits per heavy atom. The predicted molar refractivity (Wildman–Crippen MR) is 33.1 cm³/mol. The van der Waals surface area contributed by atoms with Crippen LogP contribution in [0.1, 0.15) is 6.42 Å². The van der Waals surface area contributed by atoms with Crippen LogP contribution in [0.25, 0.3) is 0 Å². The monoisotopic (exact) mass is 116 g/mol. The molecule has 0 amide bonds. The Labute approximate surface area is 49.4 Å². The lowest BCUT2D eigenvalue weighted by atomic mass is 10.4. The van der Waals surface area contributed by atoms with Crippen molar-refractivity contribution in [2.75, 3.05) is 20.7 Å². The van der Waals surface area contributed by atoms with E-state index < -0.39 is 0 Å². The number of amidine groups is 1. The van der Waals surface area contributed by atoms with Gasteiger partial charge in [-0.15, -0.1) is 0 Å². The highest BCUT2D eigenvalue weighted by Crippen LogP contribution is 1.83. The highest BCUT2D eigenvalue weighted by Gasteiger charge is 1.94. The zero-order valence-corrected chi connectivity index (χ0v) is 5.31. The molecule has 0 aliphatic carbocycles. The summed E-state index contributed by atoms with van der Waals surface area (Å²) in [6.07, 6.45) is 0.451.